The molecule has 0 aromatic heterocycles. The normalized spacial score (nSPS) is 18.8. The van der Waals surface area contributed by atoms with Gasteiger partial charge in [0.15, 0.2) is 0 Å². The molecule has 1 fully saturated rings. The summed E-state index contributed by atoms with van der Waals surface area (Å²) in [5.41, 5.74) is 2.78. The quantitative estimate of drug-likeness (QED) is 0.767. The zero-order chi connectivity index (χ0) is 12.1. The maximum atomic E-state index is 9.31. The molecule has 1 aromatic rings. The fraction of sp³-hybridized carbons (Fsp3) is 0.357. The lowest BCUT2D eigenvalue weighted by atomic mass is 10.0. The molecule has 0 spiro atoms. The van der Waals surface area contributed by atoms with Crippen LogP contribution in [-0.2, 0) is 0 Å². The van der Waals surface area contributed by atoms with Crippen molar-refractivity contribution in [2.24, 2.45) is 0 Å². The molecule has 2 nitrogen and oxygen atoms in total. The highest BCUT2D eigenvalue weighted by Crippen LogP contribution is 2.23. The van der Waals surface area contributed by atoms with Gasteiger partial charge in [-0.05, 0) is 37.0 Å². The molecule has 1 saturated heterocycles. The lowest BCUT2D eigenvalue weighted by Gasteiger charge is -2.10. The molecule has 1 heterocycles. The van der Waals surface area contributed by atoms with Crippen LogP contribution in [0.3, 0.4) is 0 Å². The van der Waals surface area contributed by atoms with Crippen LogP contribution in [0.1, 0.15) is 31.2 Å². The molecule has 0 atom stereocenters. The van der Waals surface area contributed by atoms with Gasteiger partial charge >= 0.3 is 0 Å². The van der Waals surface area contributed by atoms with Crippen LogP contribution >= 0.6 is 11.6 Å². The standard InChI is InChI=1S/C14H15ClN2/c15-12-7-5-11(6-8-12)13(10-16)14-4-2-1-3-9-17-14/h5-8,17H,1-4,9H2. The second-order valence-corrected chi connectivity index (χ2v) is 4.65. The van der Waals surface area contributed by atoms with E-state index in [1.807, 2.05) is 24.3 Å². The number of nitriles is 1. The largest absolute Gasteiger partial charge is 0.387 e. The van der Waals surface area contributed by atoms with E-state index in [-0.39, 0.29) is 0 Å². The molecule has 1 aliphatic heterocycles. The second-order valence-electron chi connectivity index (χ2n) is 4.21. The molecule has 0 amide bonds. The summed E-state index contributed by atoms with van der Waals surface area (Å²) < 4.78 is 0. The van der Waals surface area contributed by atoms with E-state index in [0.29, 0.717) is 5.02 Å². The van der Waals surface area contributed by atoms with Crippen LogP contribution in [0.25, 0.3) is 5.57 Å². The minimum absolute atomic E-state index is 0.699. The molecule has 0 unspecified atom stereocenters. The molecule has 0 aliphatic carbocycles. The first kappa shape index (κ1) is 12.0. The van der Waals surface area contributed by atoms with Gasteiger partial charge in [-0.2, -0.15) is 5.26 Å². The van der Waals surface area contributed by atoms with Crippen molar-refractivity contribution in [2.45, 2.75) is 25.7 Å². The van der Waals surface area contributed by atoms with Crippen molar-refractivity contribution in [3.8, 4) is 6.07 Å². The van der Waals surface area contributed by atoms with Crippen molar-refractivity contribution < 1.29 is 0 Å². The number of benzene rings is 1. The van der Waals surface area contributed by atoms with Gasteiger partial charge in [-0.25, -0.2) is 0 Å². The Morgan fingerprint density at radius 2 is 1.94 bits per heavy atom. The van der Waals surface area contributed by atoms with Crippen LogP contribution in [0.15, 0.2) is 30.0 Å². The monoisotopic (exact) mass is 246 g/mol. The maximum Gasteiger partial charge on any atom is 0.102 e. The molecule has 88 valence electrons. The average molecular weight is 247 g/mol. The minimum Gasteiger partial charge on any atom is -0.387 e. The Morgan fingerprint density at radius 3 is 2.65 bits per heavy atom. The summed E-state index contributed by atoms with van der Waals surface area (Å²) in [6, 6.07) is 9.77. The maximum absolute atomic E-state index is 9.31. The fourth-order valence-corrected chi connectivity index (χ4v) is 2.19. The van der Waals surface area contributed by atoms with E-state index >= 15 is 0 Å². The summed E-state index contributed by atoms with van der Waals surface area (Å²) >= 11 is 5.86. The Bertz CT molecular complexity index is 444. The number of nitrogens with one attached hydrogen (secondary N) is 1. The van der Waals surface area contributed by atoms with E-state index in [2.05, 4.69) is 11.4 Å². The first-order valence-electron chi connectivity index (χ1n) is 5.94. The van der Waals surface area contributed by atoms with Gasteiger partial charge < -0.3 is 5.32 Å². The molecule has 1 N–H and O–H groups in total. The van der Waals surface area contributed by atoms with E-state index in [9.17, 15) is 5.26 Å². The third-order valence-electron chi connectivity index (χ3n) is 2.99. The van der Waals surface area contributed by atoms with Crippen molar-refractivity contribution in [2.75, 3.05) is 6.54 Å². The zero-order valence-corrected chi connectivity index (χ0v) is 10.4. The van der Waals surface area contributed by atoms with Gasteiger partial charge in [0.2, 0.25) is 0 Å². The second kappa shape index (κ2) is 5.75. The summed E-state index contributed by atoms with van der Waals surface area (Å²) in [5, 5.41) is 13.4. The molecule has 1 aromatic carbocycles. The topological polar surface area (TPSA) is 35.8 Å². The van der Waals surface area contributed by atoms with Crippen molar-refractivity contribution >= 4 is 17.2 Å². The van der Waals surface area contributed by atoms with Gasteiger partial charge in [-0.15, -0.1) is 0 Å². The van der Waals surface area contributed by atoms with E-state index in [4.69, 9.17) is 11.6 Å². The molecule has 1 aliphatic rings. The summed E-state index contributed by atoms with van der Waals surface area (Å²) in [6.07, 6.45) is 4.53. The molecule has 0 bridgehead atoms. The van der Waals surface area contributed by atoms with E-state index in [0.717, 1.165) is 36.2 Å². The lowest BCUT2D eigenvalue weighted by molar-refractivity contribution is 0.721. The van der Waals surface area contributed by atoms with E-state index in [1.54, 1.807) is 0 Å². The average Bonchev–Trinajstić information content (AvgIpc) is 2.62. The Hall–Kier alpha value is -1.46. The fourth-order valence-electron chi connectivity index (χ4n) is 2.07. The number of hydrogen-bond donors (Lipinski definition) is 1. The summed E-state index contributed by atoms with van der Waals surface area (Å²) in [5.74, 6) is 0. The molecular formula is C14H15ClN2. The van der Waals surface area contributed by atoms with Crippen molar-refractivity contribution in [3.63, 3.8) is 0 Å². The number of halogens is 1. The van der Waals surface area contributed by atoms with Crippen molar-refractivity contribution in [1.29, 1.82) is 5.26 Å². The molecule has 0 radical (unpaired) electrons. The van der Waals surface area contributed by atoms with E-state index < -0.39 is 0 Å². The van der Waals surface area contributed by atoms with Crippen LogP contribution in [0.2, 0.25) is 5.02 Å². The highest BCUT2D eigenvalue weighted by Gasteiger charge is 2.11. The number of hydrogen-bond acceptors (Lipinski definition) is 2. The molecule has 17 heavy (non-hydrogen) atoms. The Kier molecular flexibility index (Phi) is 4.06. The van der Waals surface area contributed by atoms with Crippen LogP contribution in [0, 0.1) is 11.3 Å². The third kappa shape index (κ3) is 3.01. The van der Waals surface area contributed by atoms with Crippen LogP contribution in [-0.4, -0.2) is 6.54 Å². The molecule has 2 rings (SSSR count). The molecule has 3 heteroatoms. The first-order valence-corrected chi connectivity index (χ1v) is 6.32. The van der Waals surface area contributed by atoms with Gasteiger partial charge in [0.05, 0.1) is 5.57 Å². The van der Waals surface area contributed by atoms with Gasteiger partial charge in [-0.3, -0.25) is 0 Å². The van der Waals surface area contributed by atoms with Crippen LogP contribution in [0.4, 0.5) is 0 Å². The molecule has 0 saturated carbocycles. The summed E-state index contributed by atoms with van der Waals surface area (Å²) in [7, 11) is 0. The van der Waals surface area contributed by atoms with Gasteiger partial charge in [0.25, 0.3) is 0 Å². The molecular weight excluding hydrogens is 232 g/mol. The highest BCUT2D eigenvalue weighted by molar-refractivity contribution is 6.30. The number of nitrogens with zero attached hydrogens (tertiary/aromatic N) is 1. The van der Waals surface area contributed by atoms with Crippen LogP contribution in [0.5, 0.6) is 0 Å². The number of allylic oxidation sites excluding steroid dienone is 2. The third-order valence-corrected chi connectivity index (χ3v) is 3.24. The van der Waals surface area contributed by atoms with Gasteiger partial charge in [-0.1, -0.05) is 30.2 Å². The minimum atomic E-state index is 0.699. The zero-order valence-electron chi connectivity index (χ0n) is 9.67. The SMILES string of the molecule is N#CC(=C1CCCCCN1)c1ccc(Cl)cc1. The summed E-state index contributed by atoms with van der Waals surface area (Å²) in [6.45, 7) is 0.966. The number of rotatable bonds is 1. The van der Waals surface area contributed by atoms with Crippen molar-refractivity contribution in [3.05, 3.63) is 40.5 Å². The van der Waals surface area contributed by atoms with Crippen molar-refractivity contribution in [1.82, 2.24) is 5.32 Å². The van der Waals surface area contributed by atoms with Gasteiger partial charge in [0, 0.05) is 17.3 Å². The Balaban J connectivity index is 2.34. The van der Waals surface area contributed by atoms with Gasteiger partial charge in [0.1, 0.15) is 6.07 Å². The predicted molar refractivity (Wildman–Crippen MR) is 70.5 cm³/mol. The smallest absolute Gasteiger partial charge is 0.102 e. The lowest BCUT2D eigenvalue weighted by Crippen LogP contribution is -2.13. The van der Waals surface area contributed by atoms with E-state index in [1.165, 1.54) is 12.8 Å². The highest BCUT2D eigenvalue weighted by atomic mass is 35.5. The Morgan fingerprint density at radius 1 is 1.18 bits per heavy atom. The predicted octanol–water partition coefficient (Wildman–Crippen LogP) is 3.74. The summed E-state index contributed by atoms with van der Waals surface area (Å²) in [4.78, 5) is 0. The van der Waals surface area contributed by atoms with Crippen LogP contribution < -0.4 is 5.32 Å². The first-order chi connectivity index (χ1) is 8.31. The Labute approximate surface area is 107 Å².